The molecule has 2 aliphatic heterocycles. The maximum Gasteiger partial charge on any atom is 0.222 e. The van der Waals surface area contributed by atoms with Crippen LogP contribution in [0.25, 0.3) is 0 Å². The van der Waals surface area contributed by atoms with Gasteiger partial charge in [-0.1, -0.05) is 12.1 Å². The Kier molecular flexibility index (Phi) is 6.36. The quantitative estimate of drug-likeness (QED) is 0.781. The summed E-state index contributed by atoms with van der Waals surface area (Å²) in [6.45, 7) is 4.82. The number of likely N-dealkylation sites (tertiary alicyclic amines) is 1. The number of benzene rings is 1. The highest BCUT2D eigenvalue weighted by atomic mass is 16.5. The van der Waals surface area contributed by atoms with E-state index in [2.05, 4.69) is 11.0 Å². The topological polar surface area (TPSA) is 53.1 Å². The molecule has 3 rings (SSSR count). The largest absolute Gasteiger partial charge is 0.495 e. The van der Waals surface area contributed by atoms with Gasteiger partial charge in [-0.2, -0.15) is 0 Å². The van der Waals surface area contributed by atoms with Crippen molar-refractivity contribution in [3.8, 4) is 5.75 Å². The van der Waals surface area contributed by atoms with E-state index in [1.807, 2.05) is 28.0 Å². The fraction of sp³-hybridized carbons (Fsp3) is 0.600. The van der Waals surface area contributed by atoms with Gasteiger partial charge in [0.05, 0.1) is 12.8 Å². The van der Waals surface area contributed by atoms with E-state index in [4.69, 9.17) is 4.74 Å². The predicted molar refractivity (Wildman–Crippen MR) is 101 cm³/mol. The molecule has 0 aliphatic carbocycles. The van der Waals surface area contributed by atoms with Crippen LogP contribution >= 0.6 is 0 Å². The van der Waals surface area contributed by atoms with Gasteiger partial charge < -0.3 is 19.4 Å². The number of piperazine rings is 1. The van der Waals surface area contributed by atoms with E-state index < -0.39 is 0 Å². The highest BCUT2D eigenvalue weighted by Gasteiger charge is 2.23. The smallest absolute Gasteiger partial charge is 0.222 e. The van der Waals surface area contributed by atoms with Gasteiger partial charge in [-0.15, -0.1) is 0 Å². The standard InChI is InChI=1S/C20H29N3O3/c1-26-18-8-3-2-7-17(18)21-13-15-23(16-14-21)20(25)10-6-9-19(24)22-11-4-5-12-22/h2-3,7-8H,4-6,9-16H2,1H3. The van der Waals surface area contributed by atoms with Crippen molar-refractivity contribution < 1.29 is 14.3 Å². The maximum absolute atomic E-state index is 12.4. The van der Waals surface area contributed by atoms with E-state index >= 15 is 0 Å². The van der Waals surface area contributed by atoms with Gasteiger partial charge >= 0.3 is 0 Å². The van der Waals surface area contributed by atoms with Crippen LogP contribution in [0.2, 0.25) is 0 Å². The fourth-order valence-electron chi connectivity index (χ4n) is 3.76. The lowest BCUT2D eigenvalue weighted by Gasteiger charge is -2.36. The summed E-state index contributed by atoms with van der Waals surface area (Å²) >= 11 is 0. The molecule has 0 saturated carbocycles. The number of hydrogen-bond donors (Lipinski definition) is 0. The molecule has 6 nitrogen and oxygen atoms in total. The third-order valence-electron chi connectivity index (χ3n) is 5.30. The summed E-state index contributed by atoms with van der Waals surface area (Å²) in [6.07, 6.45) is 3.84. The first kappa shape index (κ1) is 18.5. The van der Waals surface area contributed by atoms with Crippen LogP contribution in [0.5, 0.6) is 5.75 Å². The number of methoxy groups -OCH3 is 1. The van der Waals surface area contributed by atoms with Crippen LogP contribution in [0.4, 0.5) is 5.69 Å². The first-order valence-corrected chi connectivity index (χ1v) is 9.62. The molecule has 0 radical (unpaired) electrons. The van der Waals surface area contributed by atoms with Crippen LogP contribution in [-0.2, 0) is 9.59 Å². The molecule has 0 aromatic heterocycles. The minimum atomic E-state index is 0.166. The fourth-order valence-corrected chi connectivity index (χ4v) is 3.76. The second-order valence-electron chi connectivity index (χ2n) is 6.98. The number of para-hydroxylation sites is 2. The number of hydrogen-bond acceptors (Lipinski definition) is 4. The van der Waals surface area contributed by atoms with Gasteiger partial charge in [-0.05, 0) is 31.4 Å². The second kappa shape index (κ2) is 8.92. The van der Waals surface area contributed by atoms with E-state index in [0.29, 0.717) is 19.3 Å². The first-order chi connectivity index (χ1) is 12.7. The Labute approximate surface area is 155 Å². The maximum atomic E-state index is 12.4. The van der Waals surface area contributed by atoms with E-state index in [1.54, 1.807) is 7.11 Å². The number of ether oxygens (including phenoxy) is 1. The third-order valence-corrected chi connectivity index (χ3v) is 5.30. The molecule has 2 fully saturated rings. The lowest BCUT2D eigenvalue weighted by molar-refractivity contribution is -0.132. The van der Waals surface area contributed by atoms with E-state index in [0.717, 1.165) is 63.5 Å². The van der Waals surface area contributed by atoms with Gasteiger partial charge in [0.25, 0.3) is 0 Å². The monoisotopic (exact) mass is 359 g/mol. The van der Waals surface area contributed by atoms with Crippen LogP contribution in [0.3, 0.4) is 0 Å². The Morgan fingerprint density at radius 2 is 1.46 bits per heavy atom. The lowest BCUT2D eigenvalue weighted by Crippen LogP contribution is -2.48. The predicted octanol–water partition coefficient (Wildman–Crippen LogP) is 2.14. The zero-order chi connectivity index (χ0) is 18.4. The van der Waals surface area contributed by atoms with Crippen LogP contribution in [-0.4, -0.2) is 68.0 Å². The third kappa shape index (κ3) is 4.48. The summed E-state index contributed by atoms with van der Waals surface area (Å²) in [5.74, 6) is 1.24. The van der Waals surface area contributed by atoms with Crippen molar-refractivity contribution >= 4 is 17.5 Å². The van der Waals surface area contributed by atoms with Crippen LogP contribution in [0, 0.1) is 0 Å². The van der Waals surface area contributed by atoms with E-state index in [-0.39, 0.29) is 11.8 Å². The number of carbonyl (C=O) groups is 2. The second-order valence-corrected chi connectivity index (χ2v) is 6.98. The van der Waals surface area contributed by atoms with Crippen molar-refractivity contribution in [2.24, 2.45) is 0 Å². The Morgan fingerprint density at radius 3 is 2.08 bits per heavy atom. The first-order valence-electron chi connectivity index (χ1n) is 9.62. The molecular formula is C20H29N3O3. The lowest BCUT2D eigenvalue weighted by atomic mass is 10.1. The molecule has 0 spiro atoms. The summed E-state index contributed by atoms with van der Waals surface area (Å²) in [7, 11) is 1.68. The minimum absolute atomic E-state index is 0.166. The van der Waals surface area contributed by atoms with Gasteiger partial charge in [0.2, 0.25) is 11.8 Å². The molecule has 2 saturated heterocycles. The summed E-state index contributed by atoms with van der Waals surface area (Å²) in [4.78, 5) is 30.6. The molecule has 2 amide bonds. The molecule has 1 aromatic rings. The van der Waals surface area contributed by atoms with Crippen LogP contribution in [0.15, 0.2) is 24.3 Å². The molecule has 6 heteroatoms. The van der Waals surface area contributed by atoms with Crippen molar-refractivity contribution in [1.29, 1.82) is 0 Å². The average Bonchev–Trinajstić information content (AvgIpc) is 3.23. The van der Waals surface area contributed by atoms with Crippen LogP contribution in [0.1, 0.15) is 32.1 Å². The number of nitrogens with zero attached hydrogens (tertiary/aromatic N) is 3. The van der Waals surface area contributed by atoms with Gasteiger partial charge in [-0.3, -0.25) is 9.59 Å². The van der Waals surface area contributed by atoms with E-state index in [1.165, 1.54) is 0 Å². The highest BCUT2D eigenvalue weighted by molar-refractivity contribution is 5.79. The Balaban J connectivity index is 1.41. The Hall–Kier alpha value is -2.24. The molecule has 0 unspecified atom stereocenters. The molecule has 2 heterocycles. The zero-order valence-electron chi connectivity index (χ0n) is 15.7. The Morgan fingerprint density at radius 1 is 0.885 bits per heavy atom. The molecule has 2 aliphatic rings. The van der Waals surface area contributed by atoms with Crippen molar-refractivity contribution in [3.63, 3.8) is 0 Å². The summed E-state index contributed by atoms with van der Waals surface area (Å²) in [5, 5.41) is 0. The SMILES string of the molecule is COc1ccccc1N1CCN(C(=O)CCCC(=O)N2CCCC2)CC1. The molecule has 26 heavy (non-hydrogen) atoms. The van der Waals surface area contributed by atoms with E-state index in [9.17, 15) is 9.59 Å². The van der Waals surface area contributed by atoms with Crippen molar-refractivity contribution in [2.45, 2.75) is 32.1 Å². The number of rotatable bonds is 6. The molecule has 1 aromatic carbocycles. The number of anilines is 1. The number of amides is 2. The highest BCUT2D eigenvalue weighted by Crippen LogP contribution is 2.28. The molecular weight excluding hydrogens is 330 g/mol. The molecule has 0 bridgehead atoms. The van der Waals surface area contributed by atoms with Gasteiger partial charge in [0.1, 0.15) is 5.75 Å². The summed E-state index contributed by atoms with van der Waals surface area (Å²) < 4.78 is 5.43. The molecule has 0 atom stereocenters. The average molecular weight is 359 g/mol. The Bertz CT molecular complexity index is 620. The van der Waals surface area contributed by atoms with Crippen molar-refractivity contribution in [2.75, 3.05) is 51.3 Å². The normalized spacial score (nSPS) is 17.5. The van der Waals surface area contributed by atoms with Gasteiger partial charge in [0, 0.05) is 52.1 Å². The minimum Gasteiger partial charge on any atom is -0.495 e. The summed E-state index contributed by atoms with van der Waals surface area (Å²) in [6, 6.07) is 7.99. The van der Waals surface area contributed by atoms with Crippen molar-refractivity contribution in [3.05, 3.63) is 24.3 Å². The van der Waals surface area contributed by atoms with Gasteiger partial charge in [0.15, 0.2) is 0 Å². The summed E-state index contributed by atoms with van der Waals surface area (Å²) in [5.41, 5.74) is 1.08. The zero-order valence-corrected chi connectivity index (χ0v) is 15.7. The number of carbonyl (C=O) groups excluding carboxylic acids is 2. The van der Waals surface area contributed by atoms with Crippen molar-refractivity contribution in [1.82, 2.24) is 9.80 Å². The van der Waals surface area contributed by atoms with Gasteiger partial charge in [-0.25, -0.2) is 0 Å². The molecule has 142 valence electrons. The molecule has 0 N–H and O–H groups in total. The van der Waals surface area contributed by atoms with Crippen LogP contribution < -0.4 is 9.64 Å².